The van der Waals surface area contributed by atoms with Crippen LogP contribution in [0.4, 0.5) is 14.5 Å². The highest BCUT2D eigenvalue weighted by molar-refractivity contribution is 5.94. The first kappa shape index (κ1) is 20.6. The predicted molar refractivity (Wildman–Crippen MR) is 100 cm³/mol. The Bertz CT molecular complexity index is 799. The Balaban J connectivity index is 1.95. The molecule has 0 fully saturated rings. The van der Waals surface area contributed by atoms with Crippen molar-refractivity contribution in [3.8, 4) is 11.5 Å². The molecule has 0 aliphatic rings. The molecule has 0 saturated heterocycles. The zero-order valence-corrected chi connectivity index (χ0v) is 15.9. The van der Waals surface area contributed by atoms with Gasteiger partial charge in [-0.2, -0.15) is 0 Å². The number of hydrogen-bond acceptors (Lipinski definition) is 4. The lowest BCUT2D eigenvalue weighted by atomic mass is 10.1. The van der Waals surface area contributed by atoms with Crippen molar-refractivity contribution in [2.24, 2.45) is 0 Å². The molecule has 2 rings (SSSR count). The van der Waals surface area contributed by atoms with Crippen LogP contribution in [0.25, 0.3) is 0 Å². The molecule has 0 aromatic heterocycles. The molecule has 0 unspecified atom stereocenters. The van der Waals surface area contributed by atoms with E-state index in [-0.39, 0.29) is 5.69 Å². The molecule has 1 amide bonds. The zero-order chi connectivity index (χ0) is 20.0. The number of carbonyl (C=O) groups excluding carboxylic acids is 1. The first-order valence-corrected chi connectivity index (χ1v) is 8.52. The number of nitrogens with zero attached hydrogens (tertiary/aromatic N) is 1. The molecule has 0 heterocycles. The maximum Gasteiger partial charge on any atom is 0.241 e. The highest BCUT2D eigenvalue weighted by Gasteiger charge is 2.19. The summed E-state index contributed by atoms with van der Waals surface area (Å²) in [6.07, 6.45) is 0.683. The van der Waals surface area contributed by atoms with Crippen molar-refractivity contribution in [3.05, 3.63) is 53.6 Å². The molecule has 0 saturated carbocycles. The lowest BCUT2D eigenvalue weighted by Gasteiger charge is -2.24. The van der Waals surface area contributed by atoms with Gasteiger partial charge in [0.2, 0.25) is 5.91 Å². The van der Waals surface area contributed by atoms with Crippen molar-refractivity contribution < 1.29 is 23.0 Å². The van der Waals surface area contributed by atoms with E-state index in [9.17, 15) is 13.6 Å². The van der Waals surface area contributed by atoms with Gasteiger partial charge in [0.25, 0.3) is 0 Å². The molecular formula is C20H24F2N2O3. The highest BCUT2D eigenvalue weighted by atomic mass is 19.1. The molecule has 27 heavy (non-hydrogen) atoms. The van der Waals surface area contributed by atoms with Gasteiger partial charge in [0.05, 0.1) is 25.9 Å². The van der Waals surface area contributed by atoms with Gasteiger partial charge in [-0.05, 0) is 50.2 Å². The summed E-state index contributed by atoms with van der Waals surface area (Å²) in [4.78, 5) is 14.2. The van der Waals surface area contributed by atoms with E-state index in [0.29, 0.717) is 24.5 Å². The number of rotatable bonds is 8. The van der Waals surface area contributed by atoms with Crippen molar-refractivity contribution in [2.45, 2.75) is 19.4 Å². The maximum atomic E-state index is 13.7. The Kier molecular flexibility index (Phi) is 7.12. The molecule has 0 aliphatic heterocycles. The number of hydrogen-bond donors (Lipinski definition) is 1. The molecule has 2 aromatic carbocycles. The number of nitrogens with one attached hydrogen (secondary N) is 1. The standard InChI is InChI=1S/C20H24F2N2O3/c1-13(20(25)23-17-12-15(21)6-7-16(17)22)24(2)10-9-14-5-8-18(26-3)19(11-14)27-4/h5-8,11-13H,9-10H2,1-4H3,(H,23,25)/t13-/m0/s1. The van der Waals surface area contributed by atoms with Gasteiger partial charge in [-0.1, -0.05) is 6.07 Å². The SMILES string of the molecule is COc1ccc(CCN(C)[C@@H](C)C(=O)Nc2cc(F)ccc2F)cc1OC. The predicted octanol–water partition coefficient (Wildman–Crippen LogP) is 3.48. The topological polar surface area (TPSA) is 50.8 Å². The first-order chi connectivity index (χ1) is 12.8. The van der Waals surface area contributed by atoms with Crippen LogP contribution < -0.4 is 14.8 Å². The summed E-state index contributed by atoms with van der Waals surface area (Å²) in [6.45, 7) is 2.30. The molecule has 0 aliphatic carbocycles. The average molecular weight is 378 g/mol. The number of likely N-dealkylation sites (N-methyl/N-ethyl adjacent to an activating group) is 1. The fourth-order valence-electron chi connectivity index (χ4n) is 2.57. The lowest BCUT2D eigenvalue weighted by molar-refractivity contribution is -0.120. The van der Waals surface area contributed by atoms with Crippen molar-refractivity contribution in [2.75, 3.05) is 33.1 Å². The second-order valence-electron chi connectivity index (χ2n) is 6.21. The van der Waals surface area contributed by atoms with E-state index in [4.69, 9.17) is 9.47 Å². The fraction of sp³-hybridized carbons (Fsp3) is 0.350. The van der Waals surface area contributed by atoms with E-state index in [0.717, 1.165) is 23.8 Å². The van der Waals surface area contributed by atoms with Crippen LogP contribution in [-0.2, 0) is 11.2 Å². The third-order valence-electron chi connectivity index (χ3n) is 4.43. The summed E-state index contributed by atoms with van der Waals surface area (Å²) in [5.74, 6) is -0.398. The van der Waals surface area contributed by atoms with E-state index in [1.54, 1.807) is 28.2 Å². The quantitative estimate of drug-likeness (QED) is 0.764. The smallest absolute Gasteiger partial charge is 0.241 e. The third kappa shape index (κ3) is 5.40. The third-order valence-corrected chi connectivity index (χ3v) is 4.43. The molecule has 0 radical (unpaired) electrons. The maximum absolute atomic E-state index is 13.7. The summed E-state index contributed by atoms with van der Waals surface area (Å²) < 4.78 is 37.4. The Hall–Kier alpha value is -2.67. The van der Waals surface area contributed by atoms with Gasteiger partial charge in [0.1, 0.15) is 11.6 Å². The number of anilines is 1. The fourth-order valence-corrected chi connectivity index (χ4v) is 2.57. The molecule has 0 bridgehead atoms. The van der Waals surface area contributed by atoms with Gasteiger partial charge in [0.15, 0.2) is 11.5 Å². The first-order valence-electron chi connectivity index (χ1n) is 8.52. The van der Waals surface area contributed by atoms with Crippen LogP contribution in [0.1, 0.15) is 12.5 Å². The van der Waals surface area contributed by atoms with Crippen LogP contribution in [0.3, 0.4) is 0 Å². The van der Waals surface area contributed by atoms with E-state index in [1.807, 2.05) is 23.1 Å². The summed E-state index contributed by atoms with van der Waals surface area (Å²) in [5, 5.41) is 2.43. The minimum absolute atomic E-state index is 0.167. The van der Waals surface area contributed by atoms with Crippen LogP contribution in [0, 0.1) is 11.6 Å². The van der Waals surface area contributed by atoms with Crippen LogP contribution in [-0.4, -0.2) is 44.7 Å². The van der Waals surface area contributed by atoms with Gasteiger partial charge in [0, 0.05) is 12.6 Å². The summed E-state index contributed by atoms with van der Waals surface area (Å²) in [7, 11) is 4.95. The molecule has 1 atom stereocenters. The Morgan fingerprint density at radius 1 is 1.11 bits per heavy atom. The van der Waals surface area contributed by atoms with E-state index < -0.39 is 23.6 Å². The molecular weight excluding hydrogens is 354 g/mol. The van der Waals surface area contributed by atoms with Gasteiger partial charge in [-0.15, -0.1) is 0 Å². The number of carbonyl (C=O) groups is 1. The van der Waals surface area contributed by atoms with E-state index in [2.05, 4.69) is 5.32 Å². The molecule has 5 nitrogen and oxygen atoms in total. The molecule has 2 aromatic rings. The van der Waals surface area contributed by atoms with Gasteiger partial charge < -0.3 is 14.8 Å². The van der Waals surface area contributed by atoms with Crippen molar-refractivity contribution >= 4 is 11.6 Å². The van der Waals surface area contributed by atoms with Crippen molar-refractivity contribution in [1.82, 2.24) is 4.90 Å². The van der Waals surface area contributed by atoms with E-state index >= 15 is 0 Å². The van der Waals surface area contributed by atoms with Crippen molar-refractivity contribution in [1.29, 1.82) is 0 Å². The Morgan fingerprint density at radius 3 is 2.48 bits per heavy atom. The van der Waals surface area contributed by atoms with Crippen molar-refractivity contribution in [3.63, 3.8) is 0 Å². The normalized spacial score (nSPS) is 12.0. The summed E-state index contributed by atoms with van der Waals surface area (Å²) in [5.41, 5.74) is 0.864. The monoisotopic (exact) mass is 378 g/mol. The van der Waals surface area contributed by atoms with Crippen LogP contribution in [0.2, 0.25) is 0 Å². The number of benzene rings is 2. The van der Waals surface area contributed by atoms with Gasteiger partial charge >= 0.3 is 0 Å². The molecule has 7 heteroatoms. The molecule has 146 valence electrons. The number of amides is 1. The second kappa shape index (κ2) is 9.32. The minimum atomic E-state index is -0.676. The van der Waals surface area contributed by atoms with Crippen LogP contribution in [0.15, 0.2) is 36.4 Å². The highest BCUT2D eigenvalue weighted by Crippen LogP contribution is 2.27. The average Bonchev–Trinajstić information content (AvgIpc) is 2.67. The van der Waals surface area contributed by atoms with Gasteiger partial charge in [-0.3, -0.25) is 9.69 Å². The minimum Gasteiger partial charge on any atom is -0.493 e. The molecule has 0 spiro atoms. The second-order valence-corrected chi connectivity index (χ2v) is 6.21. The zero-order valence-electron chi connectivity index (χ0n) is 15.9. The summed E-state index contributed by atoms with van der Waals surface area (Å²) in [6, 6.07) is 8.08. The number of ether oxygens (including phenoxy) is 2. The van der Waals surface area contributed by atoms with E-state index in [1.165, 1.54) is 0 Å². The van der Waals surface area contributed by atoms with Gasteiger partial charge in [-0.25, -0.2) is 8.78 Å². The van der Waals surface area contributed by atoms with Crippen LogP contribution in [0.5, 0.6) is 11.5 Å². The Morgan fingerprint density at radius 2 is 1.81 bits per heavy atom. The summed E-state index contributed by atoms with van der Waals surface area (Å²) >= 11 is 0. The Labute approximate surface area is 157 Å². The number of methoxy groups -OCH3 is 2. The molecule has 1 N–H and O–H groups in total. The lowest BCUT2D eigenvalue weighted by Crippen LogP contribution is -2.40. The largest absolute Gasteiger partial charge is 0.493 e. The number of halogens is 2. The van der Waals surface area contributed by atoms with Crippen LogP contribution >= 0.6 is 0 Å².